The summed E-state index contributed by atoms with van der Waals surface area (Å²) < 4.78 is 121. The van der Waals surface area contributed by atoms with Crippen molar-refractivity contribution in [1.82, 2.24) is 19.6 Å². The van der Waals surface area contributed by atoms with E-state index < -0.39 is 77.1 Å². The molecule has 1 saturated heterocycles. The van der Waals surface area contributed by atoms with Crippen molar-refractivity contribution < 1.29 is 43.9 Å². The quantitative estimate of drug-likeness (QED) is 0.459. The van der Waals surface area contributed by atoms with E-state index in [1.165, 1.54) is 0 Å². The molecule has 202 valence electrons. The summed E-state index contributed by atoms with van der Waals surface area (Å²) in [5, 5.41) is 2.28. The summed E-state index contributed by atoms with van der Waals surface area (Å²) in [4.78, 5) is 18.7. The molecule has 1 aliphatic rings. The van der Waals surface area contributed by atoms with Gasteiger partial charge in [-0.15, -0.1) is 0 Å². The zero-order chi connectivity index (χ0) is 27.8. The number of nitrogens with one attached hydrogen (secondary N) is 1. The lowest BCUT2D eigenvalue weighted by molar-refractivity contribution is -0.145. The van der Waals surface area contributed by atoms with Crippen molar-refractivity contribution in [3.63, 3.8) is 0 Å². The van der Waals surface area contributed by atoms with Gasteiger partial charge in [-0.1, -0.05) is 0 Å². The van der Waals surface area contributed by atoms with E-state index in [-0.39, 0.29) is 21.6 Å². The molecule has 0 radical (unpaired) electrons. The molecule has 4 rings (SSSR count). The third-order valence-electron chi connectivity index (χ3n) is 5.73. The van der Waals surface area contributed by atoms with Crippen molar-refractivity contribution in [2.75, 3.05) is 6.54 Å². The van der Waals surface area contributed by atoms with Crippen molar-refractivity contribution in [3.05, 3.63) is 77.6 Å². The highest BCUT2D eigenvalue weighted by Gasteiger charge is 2.44. The first-order chi connectivity index (χ1) is 17.8. The van der Waals surface area contributed by atoms with Crippen molar-refractivity contribution in [3.8, 4) is 11.1 Å². The van der Waals surface area contributed by atoms with Crippen LogP contribution in [0, 0.1) is 17.5 Å². The summed E-state index contributed by atoms with van der Waals surface area (Å²) in [5.74, 6) is -5.37. The maximum Gasteiger partial charge on any atom is 0.451 e. The first-order valence-electron chi connectivity index (χ1n) is 10.8. The van der Waals surface area contributed by atoms with E-state index in [9.17, 15) is 43.9 Å². The summed E-state index contributed by atoms with van der Waals surface area (Å²) in [6.07, 6.45) is -5.60. The molecule has 38 heavy (non-hydrogen) atoms. The van der Waals surface area contributed by atoms with Gasteiger partial charge in [0.05, 0.1) is 4.90 Å². The highest BCUT2D eigenvalue weighted by atomic mass is 32.2. The van der Waals surface area contributed by atoms with Gasteiger partial charge >= 0.3 is 6.18 Å². The molecule has 1 aromatic heterocycles. The lowest BCUT2D eigenvalue weighted by Crippen LogP contribution is -2.45. The third-order valence-corrected chi connectivity index (χ3v) is 7.62. The predicted molar refractivity (Wildman–Crippen MR) is 118 cm³/mol. The predicted octanol–water partition coefficient (Wildman–Crippen LogP) is 4.00. The van der Waals surface area contributed by atoms with E-state index in [0.717, 1.165) is 30.3 Å². The highest BCUT2D eigenvalue weighted by molar-refractivity contribution is 7.89. The molecule has 0 unspecified atom stereocenters. The number of aromatic nitrogens is 2. The van der Waals surface area contributed by atoms with Gasteiger partial charge in [-0.2, -0.15) is 17.5 Å². The van der Waals surface area contributed by atoms with Crippen LogP contribution in [0.25, 0.3) is 11.1 Å². The van der Waals surface area contributed by atoms with Crippen molar-refractivity contribution in [2.45, 2.75) is 36.3 Å². The summed E-state index contributed by atoms with van der Waals surface area (Å²) >= 11 is 0. The van der Waals surface area contributed by atoms with E-state index in [1.807, 2.05) is 0 Å². The number of amides is 1. The molecular formula is C23H17F7N4O3S. The van der Waals surface area contributed by atoms with Crippen LogP contribution in [0.15, 0.2) is 53.7 Å². The molecule has 1 fully saturated rings. The van der Waals surface area contributed by atoms with Gasteiger partial charge < -0.3 is 5.32 Å². The summed E-state index contributed by atoms with van der Waals surface area (Å²) in [5.41, 5.74) is -0.845. The molecule has 0 saturated carbocycles. The first kappa shape index (κ1) is 27.4. The lowest BCUT2D eigenvalue weighted by Gasteiger charge is -2.23. The Morgan fingerprint density at radius 3 is 2.26 bits per heavy atom. The minimum atomic E-state index is -4.83. The number of carbonyl (C=O) groups is 1. The van der Waals surface area contributed by atoms with Crippen molar-refractivity contribution in [2.24, 2.45) is 0 Å². The van der Waals surface area contributed by atoms with E-state index in [0.29, 0.717) is 22.8 Å². The Kier molecular flexibility index (Phi) is 7.43. The number of alkyl halides is 4. The van der Waals surface area contributed by atoms with Crippen LogP contribution in [-0.2, 0) is 27.5 Å². The smallest absolute Gasteiger partial charge is 0.351 e. The summed E-state index contributed by atoms with van der Waals surface area (Å²) in [6, 6.07) is 3.58. The Hall–Kier alpha value is -3.59. The lowest BCUT2D eigenvalue weighted by atomic mass is 10.0. The number of halogens is 7. The molecule has 2 aromatic carbocycles. The molecule has 1 amide bonds. The molecule has 7 nitrogen and oxygen atoms in total. The number of sulfonamides is 1. The van der Waals surface area contributed by atoms with Gasteiger partial charge in [0.25, 0.3) is 0 Å². The van der Waals surface area contributed by atoms with Crippen LogP contribution in [0.4, 0.5) is 30.7 Å². The average Bonchev–Trinajstić information content (AvgIpc) is 3.26. The molecule has 1 N–H and O–H groups in total. The first-order valence-corrected chi connectivity index (χ1v) is 12.3. The molecule has 2 atom stereocenters. The van der Waals surface area contributed by atoms with Gasteiger partial charge in [-0.3, -0.25) is 4.79 Å². The summed E-state index contributed by atoms with van der Waals surface area (Å²) in [6.45, 7) is -1.22. The highest BCUT2D eigenvalue weighted by Crippen LogP contribution is 2.30. The Balaban J connectivity index is 1.53. The Bertz CT molecular complexity index is 1450. The zero-order valence-corrected chi connectivity index (χ0v) is 19.8. The summed E-state index contributed by atoms with van der Waals surface area (Å²) in [7, 11) is -4.39. The van der Waals surface area contributed by atoms with Crippen LogP contribution >= 0.6 is 0 Å². The second-order valence-corrected chi connectivity index (χ2v) is 10.2. The fourth-order valence-electron chi connectivity index (χ4n) is 3.87. The topological polar surface area (TPSA) is 92.3 Å². The van der Waals surface area contributed by atoms with E-state index >= 15 is 0 Å². The number of hydrogen-bond acceptors (Lipinski definition) is 5. The second kappa shape index (κ2) is 10.3. The maximum atomic E-state index is 14.4. The van der Waals surface area contributed by atoms with Crippen LogP contribution in [0.5, 0.6) is 0 Å². The minimum Gasteiger partial charge on any atom is -0.351 e. The standard InChI is InChI=1S/C23H17F7N4O3S/c24-14-1-3-16(4-2-14)38(36,37)34-11-15(25)6-20(34)21(35)31-8-12-5-17(19(27)7-18(12)26)13-9-32-22(33-10-13)23(28,29)30/h1-5,7,9-10,15,20H,6,8,11H2,(H,31,35)/t15-,20+/m1/s1. The van der Waals surface area contributed by atoms with Gasteiger partial charge in [0, 0.05) is 54.7 Å². The third kappa shape index (κ3) is 5.62. The fourth-order valence-corrected chi connectivity index (χ4v) is 5.49. The number of benzene rings is 2. The number of hydrogen-bond donors (Lipinski definition) is 1. The van der Waals surface area contributed by atoms with Gasteiger partial charge in [0.2, 0.25) is 21.8 Å². The Labute approximate surface area is 211 Å². The number of carbonyl (C=O) groups excluding carboxylic acids is 1. The van der Waals surface area contributed by atoms with Crippen LogP contribution in [-0.4, -0.2) is 47.4 Å². The van der Waals surface area contributed by atoms with E-state index in [4.69, 9.17) is 0 Å². The number of nitrogens with zero attached hydrogens (tertiary/aromatic N) is 3. The molecule has 3 aromatic rings. The van der Waals surface area contributed by atoms with Gasteiger partial charge in [0.1, 0.15) is 29.7 Å². The van der Waals surface area contributed by atoms with Crippen LogP contribution in [0.1, 0.15) is 17.8 Å². The minimum absolute atomic E-state index is 0.198. The van der Waals surface area contributed by atoms with Crippen molar-refractivity contribution >= 4 is 15.9 Å². The molecule has 2 heterocycles. The average molecular weight is 562 g/mol. The Morgan fingerprint density at radius 2 is 1.66 bits per heavy atom. The second-order valence-electron chi connectivity index (χ2n) is 8.31. The monoisotopic (exact) mass is 562 g/mol. The van der Waals surface area contributed by atoms with E-state index in [2.05, 4.69) is 15.3 Å². The molecule has 0 bridgehead atoms. The van der Waals surface area contributed by atoms with Crippen molar-refractivity contribution in [1.29, 1.82) is 0 Å². The SMILES string of the molecule is O=C(NCc1cc(-c2cnc(C(F)(F)F)nc2)c(F)cc1F)[C@@H]1C[C@@H](F)CN1S(=O)(=O)c1ccc(F)cc1. The van der Waals surface area contributed by atoms with Gasteiger partial charge in [-0.05, 0) is 30.3 Å². The largest absolute Gasteiger partial charge is 0.451 e. The fraction of sp³-hybridized carbons (Fsp3) is 0.261. The van der Waals surface area contributed by atoms with Crippen LogP contribution in [0.3, 0.4) is 0 Å². The zero-order valence-electron chi connectivity index (χ0n) is 19.0. The molecule has 1 aliphatic heterocycles. The van der Waals surface area contributed by atoms with Gasteiger partial charge in [-0.25, -0.2) is 35.9 Å². The van der Waals surface area contributed by atoms with Crippen LogP contribution in [0.2, 0.25) is 0 Å². The Morgan fingerprint density at radius 1 is 1.03 bits per heavy atom. The van der Waals surface area contributed by atoms with Crippen LogP contribution < -0.4 is 5.32 Å². The molecule has 15 heteroatoms. The normalized spacial score (nSPS) is 18.5. The molecular weight excluding hydrogens is 545 g/mol. The maximum absolute atomic E-state index is 14.4. The number of rotatable bonds is 6. The molecule has 0 spiro atoms. The van der Waals surface area contributed by atoms with E-state index in [1.54, 1.807) is 0 Å². The molecule has 0 aliphatic carbocycles. The van der Waals surface area contributed by atoms with Gasteiger partial charge in [0.15, 0.2) is 0 Å².